The van der Waals surface area contributed by atoms with Crippen LogP contribution in [-0.4, -0.2) is 29.1 Å². The number of methoxy groups -OCH3 is 1. The largest absolute Gasteiger partial charge is 0.497 e. The molecule has 166 valence electrons. The maximum atomic E-state index is 13.7. The summed E-state index contributed by atoms with van der Waals surface area (Å²) in [5.74, 6) is 0.109. The van der Waals surface area contributed by atoms with E-state index in [-0.39, 0.29) is 30.1 Å². The van der Waals surface area contributed by atoms with E-state index in [0.717, 1.165) is 26.7 Å². The van der Waals surface area contributed by atoms with Crippen LogP contribution in [0.2, 0.25) is 0 Å². The maximum absolute atomic E-state index is 13.7. The fourth-order valence-electron chi connectivity index (χ4n) is 3.90. The molecule has 5 nitrogen and oxygen atoms in total. The Kier molecular flexibility index (Phi) is 6.08. The molecule has 0 aliphatic carbocycles. The number of nitrogens with zero attached hydrogens (tertiary/aromatic N) is 2. The second-order valence-corrected chi connectivity index (χ2v) is 7.95. The zero-order chi connectivity index (χ0) is 22.8. The first-order valence-corrected chi connectivity index (χ1v) is 10.5. The van der Waals surface area contributed by atoms with Gasteiger partial charge in [0, 0.05) is 12.5 Å². The molecule has 2 atom stereocenters. The number of hydrogen-bond acceptors (Lipinski definition) is 3. The molecule has 0 fully saturated rings. The molecular weight excluding hydrogens is 412 g/mol. The number of fused-ring (bicyclic) bond motifs is 2. The number of nitrogens with one attached hydrogen (secondary N) is 1. The maximum Gasteiger partial charge on any atom is 0.320 e. The fraction of sp³-hybridized carbons (Fsp3) is 0.280. The third-order valence-electron chi connectivity index (χ3n) is 5.81. The van der Waals surface area contributed by atoms with Crippen LogP contribution in [0, 0.1) is 0 Å². The molecule has 32 heavy (non-hydrogen) atoms. The van der Waals surface area contributed by atoms with Crippen molar-refractivity contribution in [1.82, 2.24) is 14.9 Å². The van der Waals surface area contributed by atoms with Crippen molar-refractivity contribution in [2.75, 3.05) is 13.7 Å². The molecule has 1 aromatic heterocycles. The predicted molar refractivity (Wildman–Crippen MR) is 121 cm³/mol. The summed E-state index contributed by atoms with van der Waals surface area (Å²) in [6.07, 6.45) is 0. The van der Waals surface area contributed by atoms with Gasteiger partial charge < -0.3 is 10.1 Å². The number of carbonyl (C=O) groups excluding carboxylic acids is 1. The summed E-state index contributed by atoms with van der Waals surface area (Å²) in [7, 11) is 1.62. The predicted octanol–water partition coefficient (Wildman–Crippen LogP) is 5.62. The van der Waals surface area contributed by atoms with Crippen molar-refractivity contribution in [1.29, 1.82) is 0 Å². The first-order chi connectivity index (χ1) is 15.4. The molecule has 1 N–H and O–H groups in total. The molecule has 3 aromatic carbocycles. The van der Waals surface area contributed by atoms with Crippen molar-refractivity contribution >= 4 is 27.7 Å². The van der Waals surface area contributed by atoms with Crippen LogP contribution in [0.15, 0.2) is 60.7 Å². The van der Waals surface area contributed by atoms with Crippen molar-refractivity contribution in [2.24, 2.45) is 0 Å². The second-order valence-electron chi connectivity index (χ2n) is 7.95. The van der Waals surface area contributed by atoms with Gasteiger partial charge in [-0.2, -0.15) is 8.78 Å². The van der Waals surface area contributed by atoms with Gasteiger partial charge in [-0.1, -0.05) is 43.3 Å². The van der Waals surface area contributed by atoms with Gasteiger partial charge in [-0.15, -0.1) is 0 Å². The Labute approximate surface area is 185 Å². The number of aromatic nitrogens is 2. The molecule has 7 heteroatoms. The van der Waals surface area contributed by atoms with Gasteiger partial charge in [-0.3, -0.25) is 9.36 Å². The quantitative estimate of drug-likeness (QED) is 0.408. The van der Waals surface area contributed by atoms with Crippen LogP contribution in [0.3, 0.4) is 0 Å². The van der Waals surface area contributed by atoms with E-state index < -0.39 is 6.55 Å². The Morgan fingerprint density at radius 1 is 1.06 bits per heavy atom. The second kappa shape index (κ2) is 8.94. The van der Waals surface area contributed by atoms with Gasteiger partial charge in [0.15, 0.2) is 0 Å². The van der Waals surface area contributed by atoms with Crippen LogP contribution in [0.4, 0.5) is 8.78 Å². The highest BCUT2D eigenvalue weighted by Gasteiger charge is 2.23. The minimum atomic E-state index is -2.70. The van der Waals surface area contributed by atoms with Gasteiger partial charge in [0.1, 0.15) is 11.6 Å². The number of imidazole rings is 1. The van der Waals surface area contributed by atoms with E-state index in [0.29, 0.717) is 11.0 Å². The van der Waals surface area contributed by atoms with Gasteiger partial charge in [-0.05, 0) is 47.5 Å². The standard InChI is InChI=1S/C25H25F2N3O2/c1-15(23-29-21-6-4-5-7-22(21)30(23)25(26)27)14-28-24(31)16(2)17-8-9-19-13-20(32-3)11-10-18(19)12-17/h4-13,15-16,25H,14H2,1-3H3,(H,28,31)/t15-,16-/m1/s1. The number of halogens is 2. The zero-order valence-electron chi connectivity index (χ0n) is 18.2. The van der Waals surface area contributed by atoms with Gasteiger partial charge >= 0.3 is 6.55 Å². The molecule has 0 aliphatic heterocycles. The van der Waals surface area contributed by atoms with Crippen molar-refractivity contribution < 1.29 is 18.3 Å². The molecule has 0 aliphatic rings. The van der Waals surface area contributed by atoms with Gasteiger partial charge in [-0.25, -0.2) is 4.98 Å². The smallest absolute Gasteiger partial charge is 0.320 e. The molecule has 1 heterocycles. The lowest BCUT2D eigenvalue weighted by Gasteiger charge is -2.17. The minimum Gasteiger partial charge on any atom is -0.497 e. The number of carbonyl (C=O) groups is 1. The monoisotopic (exact) mass is 437 g/mol. The molecule has 0 saturated heterocycles. The highest BCUT2D eigenvalue weighted by Crippen LogP contribution is 2.28. The van der Waals surface area contributed by atoms with Crippen molar-refractivity contribution in [3.05, 3.63) is 72.1 Å². The highest BCUT2D eigenvalue weighted by atomic mass is 19.3. The van der Waals surface area contributed by atoms with Crippen LogP contribution in [0.1, 0.15) is 43.6 Å². The van der Waals surface area contributed by atoms with Crippen molar-refractivity contribution in [2.45, 2.75) is 32.2 Å². The van der Waals surface area contributed by atoms with E-state index in [1.165, 1.54) is 0 Å². The molecule has 0 bridgehead atoms. The Balaban J connectivity index is 1.48. The normalized spacial score (nSPS) is 13.4. The van der Waals surface area contributed by atoms with Crippen molar-refractivity contribution in [3.63, 3.8) is 0 Å². The van der Waals surface area contributed by atoms with E-state index in [1.54, 1.807) is 38.3 Å². The topological polar surface area (TPSA) is 56.1 Å². The number of alkyl halides is 2. The molecule has 1 amide bonds. The summed E-state index contributed by atoms with van der Waals surface area (Å²) in [4.78, 5) is 17.2. The van der Waals surface area contributed by atoms with E-state index in [2.05, 4.69) is 10.3 Å². The third kappa shape index (κ3) is 4.15. The average molecular weight is 437 g/mol. The Hall–Kier alpha value is -3.48. The number of benzene rings is 3. The molecule has 4 aromatic rings. The van der Waals surface area contributed by atoms with Gasteiger partial charge in [0.05, 0.1) is 24.1 Å². The molecule has 0 unspecified atom stereocenters. The van der Waals surface area contributed by atoms with E-state index in [4.69, 9.17) is 4.74 Å². The van der Waals surface area contributed by atoms with Crippen LogP contribution >= 0.6 is 0 Å². The summed E-state index contributed by atoms with van der Waals surface area (Å²) >= 11 is 0. The number of para-hydroxylation sites is 2. The third-order valence-corrected chi connectivity index (χ3v) is 5.81. The summed E-state index contributed by atoms with van der Waals surface area (Å²) in [5.41, 5.74) is 1.78. The first-order valence-electron chi connectivity index (χ1n) is 10.5. The zero-order valence-corrected chi connectivity index (χ0v) is 18.2. The molecule has 0 spiro atoms. The summed E-state index contributed by atoms with van der Waals surface area (Å²) in [6, 6.07) is 18.5. The fourth-order valence-corrected chi connectivity index (χ4v) is 3.90. The Morgan fingerprint density at radius 2 is 1.78 bits per heavy atom. The number of rotatable bonds is 7. The molecule has 0 saturated carbocycles. The highest BCUT2D eigenvalue weighted by molar-refractivity contribution is 5.88. The van der Waals surface area contributed by atoms with Gasteiger partial charge in [0.2, 0.25) is 5.91 Å². The van der Waals surface area contributed by atoms with Gasteiger partial charge in [0.25, 0.3) is 0 Å². The first kappa shape index (κ1) is 21.7. The van der Waals surface area contributed by atoms with Crippen LogP contribution in [0.5, 0.6) is 5.75 Å². The SMILES string of the molecule is COc1ccc2cc([C@@H](C)C(=O)NC[C@@H](C)c3nc4ccccc4n3C(F)F)ccc2c1. The van der Waals surface area contributed by atoms with E-state index >= 15 is 0 Å². The summed E-state index contributed by atoms with van der Waals surface area (Å²) in [5, 5.41) is 4.94. The van der Waals surface area contributed by atoms with Crippen LogP contribution < -0.4 is 10.1 Å². The number of hydrogen-bond donors (Lipinski definition) is 1. The number of ether oxygens (including phenoxy) is 1. The average Bonchev–Trinajstić information content (AvgIpc) is 3.21. The molecular formula is C25H25F2N3O2. The van der Waals surface area contributed by atoms with Crippen LogP contribution in [-0.2, 0) is 4.79 Å². The lowest BCUT2D eigenvalue weighted by atomic mass is 9.96. The summed E-state index contributed by atoms with van der Waals surface area (Å²) in [6.45, 7) is 1.13. The number of amides is 1. The van der Waals surface area contributed by atoms with Crippen molar-refractivity contribution in [3.8, 4) is 5.75 Å². The lowest BCUT2D eigenvalue weighted by Crippen LogP contribution is -2.32. The minimum absolute atomic E-state index is 0.163. The molecule has 0 radical (unpaired) electrons. The summed E-state index contributed by atoms with van der Waals surface area (Å²) < 4.78 is 33.6. The van der Waals surface area contributed by atoms with E-state index in [1.807, 2.05) is 43.3 Å². The van der Waals surface area contributed by atoms with Crippen LogP contribution in [0.25, 0.3) is 21.8 Å². The molecule has 4 rings (SSSR count). The Bertz CT molecular complexity index is 1270. The van der Waals surface area contributed by atoms with E-state index in [9.17, 15) is 13.6 Å². The lowest BCUT2D eigenvalue weighted by molar-refractivity contribution is -0.122. The Morgan fingerprint density at radius 3 is 2.53 bits per heavy atom.